The normalized spacial score (nSPS) is 21.9. The highest BCUT2D eigenvalue weighted by Crippen LogP contribution is 2.30. The molecule has 2 fully saturated rings. The maximum atomic E-state index is 12.6. The Morgan fingerprint density at radius 2 is 1.96 bits per heavy atom. The lowest BCUT2D eigenvalue weighted by atomic mass is 10.0. The summed E-state index contributed by atoms with van der Waals surface area (Å²) in [6.45, 7) is 0.734. The molecule has 0 aliphatic carbocycles. The molecule has 2 heterocycles. The third-order valence-electron chi connectivity index (χ3n) is 4.36. The molecule has 0 aromatic heterocycles. The molecule has 0 spiro atoms. The summed E-state index contributed by atoms with van der Waals surface area (Å²) < 4.78 is 0. The fraction of sp³-hybridized carbons (Fsp3) is 0.438. The van der Waals surface area contributed by atoms with Crippen LogP contribution < -0.4 is 16.2 Å². The summed E-state index contributed by atoms with van der Waals surface area (Å²) in [5.41, 5.74) is 5.52. The highest BCUT2D eigenvalue weighted by atomic mass is 16.7. The lowest BCUT2D eigenvalue weighted by Crippen LogP contribution is -2.55. The van der Waals surface area contributed by atoms with Gasteiger partial charge in [0.25, 0.3) is 5.91 Å². The van der Waals surface area contributed by atoms with E-state index in [1.807, 2.05) is 30.3 Å². The molecule has 2 bridgehead atoms. The van der Waals surface area contributed by atoms with Gasteiger partial charge in [0.2, 0.25) is 0 Å². The zero-order valence-corrected chi connectivity index (χ0v) is 13.9. The van der Waals surface area contributed by atoms with E-state index >= 15 is 0 Å². The maximum absolute atomic E-state index is 12.6. The summed E-state index contributed by atoms with van der Waals surface area (Å²) in [6.07, 6.45) is 1.18. The summed E-state index contributed by atoms with van der Waals surface area (Å²) >= 11 is 0. The molecule has 3 N–H and O–H groups in total. The van der Waals surface area contributed by atoms with Crippen molar-refractivity contribution in [2.75, 3.05) is 13.6 Å². The van der Waals surface area contributed by atoms with Crippen molar-refractivity contribution in [3.05, 3.63) is 35.9 Å². The number of hydrazine groups is 1. The monoisotopic (exact) mass is 347 g/mol. The lowest BCUT2D eigenvalue weighted by molar-refractivity contribution is -0.140. The Morgan fingerprint density at radius 3 is 2.68 bits per heavy atom. The van der Waals surface area contributed by atoms with Crippen LogP contribution in [0.4, 0.5) is 9.59 Å². The van der Waals surface area contributed by atoms with Crippen molar-refractivity contribution in [3.8, 4) is 0 Å². The quantitative estimate of drug-likeness (QED) is 0.684. The number of nitrogens with zero attached hydrogens (tertiary/aromatic N) is 2. The maximum Gasteiger partial charge on any atom is 0.345 e. The van der Waals surface area contributed by atoms with Crippen LogP contribution in [0.5, 0.6) is 0 Å². The number of urea groups is 2. The Hall–Kier alpha value is -2.81. The number of nitrogens with one attached hydrogen (secondary N) is 3. The first-order valence-corrected chi connectivity index (χ1v) is 8.14. The number of hydrogen-bond acceptors (Lipinski definition) is 4. The first-order valence-electron chi connectivity index (χ1n) is 8.14. The van der Waals surface area contributed by atoms with Gasteiger partial charge < -0.3 is 10.2 Å². The number of hydroxylamine groups is 2. The summed E-state index contributed by atoms with van der Waals surface area (Å²) in [7, 11) is 1.44. The summed E-state index contributed by atoms with van der Waals surface area (Å²) in [5, 5.41) is 3.70. The van der Waals surface area contributed by atoms with Gasteiger partial charge in [0.1, 0.15) is 12.6 Å². The number of amides is 5. The van der Waals surface area contributed by atoms with Gasteiger partial charge >= 0.3 is 12.1 Å². The standard InChI is InChI=1S/C16H21N5O4/c1-17-15(23)19-18-14(22)13-8-7-12-9-20(13)16(24)21(12)25-10-11-5-3-2-4-6-11/h2-6,12-13H,7-10H2,1H3,(H,18,22)(H2,17,19,23)/t12-,13+/m1/s1. The third kappa shape index (κ3) is 3.66. The van der Waals surface area contributed by atoms with Crippen LogP contribution in [0.3, 0.4) is 0 Å². The van der Waals surface area contributed by atoms with Crippen LogP contribution in [0.15, 0.2) is 30.3 Å². The number of hydrogen-bond donors (Lipinski definition) is 3. The number of carbonyl (C=O) groups is 3. The predicted octanol–water partition coefficient (Wildman–Crippen LogP) is 0.347. The molecular weight excluding hydrogens is 326 g/mol. The van der Waals surface area contributed by atoms with Crippen molar-refractivity contribution in [1.29, 1.82) is 0 Å². The second-order valence-corrected chi connectivity index (χ2v) is 5.96. The fourth-order valence-electron chi connectivity index (χ4n) is 3.05. The highest BCUT2D eigenvalue weighted by molar-refractivity contribution is 5.89. The van der Waals surface area contributed by atoms with E-state index in [9.17, 15) is 14.4 Å². The number of piperidine rings is 1. The second-order valence-electron chi connectivity index (χ2n) is 5.96. The lowest BCUT2D eigenvalue weighted by Gasteiger charge is -2.29. The van der Waals surface area contributed by atoms with Gasteiger partial charge in [-0.15, -0.1) is 0 Å². The van der Waals surface area contributed by atoms with E-state index in [1.54, 1.807) is 0 Å². The van der Waals surface area contributed by atoms with E-state index in [0.717, 1.165) is 5.56 Å². The first kappa shape index (κ1) is 17.0. The van der Waals surface area contributed by atoms with Crippen molar-refractivity contribution in [2.24, 2.45) is 0 Å². The third-order valence-corrected chi connectivity index (χ3v) is 4.36. The van der Waals surface area contributed by atoms with Crippen molar-refractivity contribution in [3.63, 3.8) is 0 Å². The SMILES string of the molecule is CNC(=O)NNC(=O)[C@@H]1CC[C@@H]2CN1C(=O)N2OCc1ccccc1. The fourth-order valence-corrected chi connectivity index (χ4v) is 3.05. The van der Waals surface area contributed by atoms with Gasteiger partial charge in [-0.3, -0.25) is 15.1 Å². The van der Waals surface area contributed by atoms with Crippen molar-refractivity contribution < 1.29 is 19.2 Å². The number of fused-ring (bicyclic) bond motifs is 2. The van der Waals surface area contributed by atoms with E-state index in [4.69, 9.17) is 4.84 Å². The molecule has 0 radical (unpaired) electrons. The molecule has 1 aromatic rings. The topological polar surface area (TPSA) is 103 Å². The van der Waals surface area contributed by atoms with Crippen LogP contribution in [0.25, 0.3) is 0 Å². The summed E-state index contributed by atoms with van der Waals surface area (Å²) in [5.74, 6) is -0.416. The molecule has 2 aliphatic rings. The number of benzene rings is 1. The molecule has 25 heavy (non-hydrogen) atoms. The molecule has 0 saturated carbocycles. The van der Waals surface area contributed by atoms with Crippen LogP contribution in [0.2, 0.25) is 0 Å². The van der Waals surface area contributed by atoms with E-state index in [0.29, 0.717) is 26.0 Å². The number of carbonyl (C=O) groups excluding carboxylic acids is 3. The van der Waals surface area contributed by atoms with Crippen LogP contribution in [0.1, 0.15) is 18.4 Å². The minimum Gasteiger partial charge on any atom is -0.340 e. The average molecular weight is 347 g/mol. The summed E-state index contributed by atoms with van der Waals surface area (Å²) in [6, 6.07) is 8.05. The molecule has 9 heteroatoms. The molecule has 2 atom stereocenters. The van der Waals surface area contributed by atoms with E-state index in [-0.39, 0.29) is 12.1 Å². The largest absolute Gasteiger partial charge is 0.345 e. The van der Waals surface area contributed by atoms with Gasteiger partial charge in [-0.1, -0.05) is 30.3 Å². The second kappa shape index (κ2) is 7.39. The zero-order valence-electron chi connectivity index (χ0n) is 13.9. The molecule has 3 rings (SSSR count). The molecular formula is C16H21N5O4. The van der Waals surface area contributed by atoms with Crippen LogP contribution in [0, 0.1) is 0 Å². The molecule has 2 aliphatic heterocycles. The average Bonchev–Trinajstić information content (AvgIpc) is 2.89. The minimum absolute atomic E-state index is 0.0628. The number of rotatable bonds is 4. The Morgan fingerprint density at radius 1 is 1.20 bits per heavy atom. The minimum atomic E-state index is -0.619. The van der Waals surface area contributed by atoms with Crippen molar-refractivity contribution in [1.82, 2.24) is 26.1 Å². The Kier molecular flexibility index (Phi) is 5.03. The van der Waals surface area contributed by atoms with Crippen molar-refractivity contribution in [2.45, 2.75) is 31.5 Å². The van der Waals surface area contributed by atoms with Gasteiger partial charge in [-0.05, 0) is 18.4 Å². The molecule has 134 valence electrons. The van der Waals surface area contributed by atoms with Gasteiger partial charge in [-0.25, -0.2) is 15.0 Å². The Balaban J connectivity index is 1.58. The van der Waals surface area contributed by atoms with Crippen molar-refractivity contribution >= 4 is 18.0 Å². The molecule has 0 unspecified atom stereocenters. The molecule has 5 amide bonds. The molecule has 9 nitrogen and oxygen atoms in total. The first-order chi connectivity index (χ1) is 12.1. The van der Waals surface area contributed by atoms with E-state index in [2.05, 4.69) is 16.2 Å². The van der Waals surface area contributed by atoms with Crippen LogP contribution in [-0.2, 0) is 16.2 Å². The highest BCUT2D eigenvalue weighted by Gasteiger charge is 2.47. The van der Waals surface area contributed by atoms with E-state index in [1.165, 1.54) is 17.0 Å². The summed E-state index contributed by atoms with van der Waals surface area (Å²) in [4.78, 5) is 43.1. The predicted molar refractivity (Wildman–Crippen MR) is 87.7 cm³/mol. The Bertz CT molecular complexity index is 653. The molecule has 1 aromatic carbocycles. The smallest absolute Gasteiger partial charge is 0.340 e. The van der Waals surface area contributed by atoms with Gasteiger partial charge in [-0.2, -0.15) is 5.06 Å². The van der Waals surface area contributed by atoms with Gasteiger partial charge in [0, 0.05) is 13.6 Å². The van der Waals surface area contributed by atoms with Crippen LogP contribution in [-0.4, -0.2) is 53.6 Å². The Labute approximate surface area is 145 Å². The molecule has 2 saturated heterocycles. The van der Waals surface area contributed by atoms with Crippen LogP contribution >= 0.6 is 0 Å². The van der Waals surface area contributed by atoms with Gasteiger partial charge in [0.15, 0.2) is 0 Å². The van der Waals surface area contributed by atoms with E-state index < -0.39 is 18.0 Å². The zero-order chi connectivity index (χ0) is 17.8. The van der Waals surface area contributed by atoms with Gasteiger partial charge in [0.05, 0.1) is 6.04 Å².